The highest BCUT2D eigenvalue weighted by atomic mass is 79.9. The zero-order valence-corrected chi connectivity index (χ0v) is 12.4. The summed E-state index contributed by atoms with van der Waals surface area (Å²) in [5, 5.41) is 2.99. The topological polar surface area (TPSA) is 55.1 Å². The lowest BCUT2D eigenvalue weighted by Gasteiger charge is -2.16. The normalized spacial score (nSPS) is 12.2. The maximum absolute atomic E-state index is 11.9. The standard InChI is InChI=1S/C14H21BrN2O/c1-2-3-7-13(10-16)17-14(18)9-11-5-4-6-12(15)8-11/h4-6,8,13H,2-3,7,9-10,16H2,1H3,(H,17,18). The molecule has 1 aromatic carbocycles. The lowest BCUT2D eigenvalue weighted by molar-refractivity contribution is -0.121. The largest absolute Gasteiger partial charge is 0.352 e. The van der Waals surface area contributed by atoms with E-state index in [2.05, 4.69) is 28.2 Å². The summed E-state index contributed by atoms with van der Waals surface area (Å²) in [6, 6.07) is 7.90. The van der Waals surface area contributed by atoms with Crippen LogP contribution in [0.4, 0.5) is 0 Å². The van der Waals surface area contributed by atoms with Gasteiger partial charge in [-0.1, -0.05) is 47.8 Å². The summed E-state index contributed by atoms with van der Waals surface area (Å²) in [6.45, 7) is 2.64. The fraction of sp³-hybridized carbons (Fsp3) is 0.500. The Bertz CT molecular complexity index is 382. The Kier molecular flexibility index (Phi) is 6.98. The number of amides is 1. The van der Waals surface area contributed by atoms with Crippen molar-refractivity contribution in [3.63, 3.8) is 0 Å². The second-order valence-corrected chi connectivity index (χ2v) is 5.36. The molecular weight excluding hydrogens is 292 g/mol. The van der Waals surface area contributed by atoms with Crippen LogP contribution in [0.1, 0.15) is 31.7 Å². The number of halogens is 1. The van der Waals surface area contributed by atoms with Gasteiger partial charge in [-0.2, -0.15) is 0 Å². The van der Waals surface area contributed by atoms with Gasteiger partial charge < -0.3 is 11.1 Å². The molecule has 1 unspecified atom stereocenters. The first kappa shape index (κ1) is 15.2. The molecule has 0 bridgehead atoms. The minimum absolute atomic E-state index is 0.0413. The molecule has 1 atom stereocenters. The van der Waals surface area contributed by atoms with Gasteiger partial charge in [0.2, 0.25) is 5.91 Å². The lowest BCUT2D eigenvalue weighted by Crippen LogP contribution is -2.40. The van der Waals surface area contributed by atoms with Crippen molar-refractivity contribution < 1.29 is 4.79 Å². The SMILES string of the molecule is CCCCC(CN)NC(=O)Cc1cccc(Br)c1. The van der Waals surface area contributed by atoms with E-state index in [1.54, 1.807) is 0 Å². The molecule has 18 heavy (non-hydrogen) atoms. The number of benzene rings is 1. The molecule has 4 heteroatoms. The monoisotopic (exact) mass is 312 g/mol. The van der Waals surface area contributed by atoms with Crippen LogP contribution in [0.15, 0.2) is 28.7 Å². The molecule has 3 N–H and O–H groups in total. The van der Waals surface area contributed by atoms with E-state index >= 15 is 0 Å². The number of nitrogens with one attached hydrogen (secondary N) is 1. The number of nitrogens with two attached hydrogens (primary N) is 1. The van der Waals surface area contributed by atoms with Crippen molar-refractivity contribution in [1.29, 1.82) is 0 Å². The highest BCUT2D eigenvalue weighted by Crippen LogP contribution is 2.12. The number of unbranched alkanes of at least 4 members (excludes halogenated alkanes) is 1. The maximum Gasteiger partial charge on any atom is 0.224 e. The molecule has 0 fully saturated rings. The second-order valence-electron chi connectivity index (χ2n) is 4.45. The fourth-order valence-electron chi connectivity index (χ4n) is 1.81. The first-order chi connectivity index (χ1) is 8.65. The summed E-state index contributed by atoms with van der Waals surface area (Å²) in [5.41, 5.74) is 6.66. The van der Waals surface area contributed by atoms with Crippen molar-refractivity contribution in [3.8, 4) is 0 Å². The predicted molar refractivity (Wildman–Crippen MR) is 78.4 cm³/mol. The van der Waals surface area contributed by atoms with Crippen molar-refractivity contribution in [2.24, 2.45) is 5.73 Å². The Labute approximate surface area is 117 Å². The number of carbonyl (C=O) groups is 1. The van der Waals surface area contributed by atoms with Crippen LogP contribution in [-0.2, 0) is 11.2 Å². The molecule has 0 aliphatic carbocycles. The lowest BCUT2D eigenvalue weighted by atomic mass is 10.1. The summed E-state index contributed by atoms with van der Waals surface area (Å²) < 4.78 is 0.995. The summed E-state index contributed by atoms with van der Waals surface area (Å²) in [4.78, 5) is 11.9. The van der Waals surface area contributed by atoms with Crippen LogP contribution in [-0.4, -0.2) is 18.5 Å². The van der Waals surface area contributed by atoms with Crippen LogP contribution in [0.5, 0.6) is 0 Å². The highest BCUT2D eigenvalue weighted by molar-refractivity contribution is 9.10. The number of carbonyl (C=O) groups excluding carboxylic acids is 1. The quantitative estimate of drug-likeness (QED) is 0.813. The molecule has 0 saturated carbocycles. The van der Waals surface area contributed by atoms with Gasteiger partial charge in [-0.25, -0.2) is 0 Å². The minimum atomic E-state index is 0.0413. The predicted octanol–water partition coefficient (Wildman–Crippen LogP) is 2.63. The molecule has 0 heterocycles. The van der Waals surface area contributed by atoms with Gasteiger partial charge in [0.25, 0.3) is 0 Å². The second kappa shape index (κ2) is 8.27. The zero-order valence-electron chi connectivity index (χ0n) is 10.8. The Morgan fingerprint density at radius 1 is 1.50 bits per heavy atom. The number of rotatable bonds is 7. The smallest absolute Gasteiger partial charge is 0.224 e. The van der Waals surface area contributed by atoms with E-state index < -0.39 is 0 Å². The first-order valence-corrected chi connectivity index (χ1v) is 7.19. The van der Waals surface area contributed by atoms with Crippen molar-refractivity contribution in [2.45, 2.75) is 38.6 Å². The molecule has 0 aromatic heterocycles. The number of hydrogen-bond donors (Lipinski definition) is 2. The molecule has 0 aliphatic heterocycles. The van der Waals surface area contributed by atoms with Crippen molar-refractivity contribution in [3.05, 3.63) is 34.3 Å². The van der Waals surface area contributed by atoms with Gasteiger partial charge in [-0.05, 0) is 24.1 Å². The molecule has 1 amide bonds. The van der Waals surface area contributed by atoms with Gasteiger partial charge in [0.15, 0.2) is 0 Å². The van der Waals surface area contributed by atoms with E-state index in [0.29, 0.717) is 13.0 Å². The Morgan fingerprint density at radius 3 is 2.89 bits per heavy atom. The molecule has 0 radical (unpaired) electrons. The Morgan fingerprint density at radius 2 is 2.28 bits per heavy atom. The molecule has 0 saturated heterocycles. The van der Waals surface area contributed by atoms with E-state index in [1.165, 1.54) is 0 Å². The molecule has 1 aromatic rings. The van der Waals surface area contributed by atoms with E-state index in [1.807, 2.05) is 24.3 Å². The van der Waals surface area contributed by atoms with Gasteiger partial charge in [0, 0.05) is 17.1 Å². The van der Waals surface area contributed by atoms with Crippen molar-refractivity contribution >= 4 is 21.8 Å². The molecule has 3 nitrogen and oxygen atoms in total. The van der Waals surface area contributed by atoms with Gasteiger partial charge >= 0.3 is 0 Å². The van der Waals surface area contributed by atoms with Crippen LogP contribution in [0.2, 0.25) is 0 Å². The zero-order chi connectivity index (χ0) is 13.4. The van der Waals surface area contributed by atoms with E-state index in [9.17, 15) is 4.79 Å². The van der Waals surface area contributed by atoms with E-state index in [-0.39, 0.29) is 11.9 Å². The molecule has 100 valence electrons. The van der Waals surface area contributed by atoms with Gasteiger partial charge in [-0.3, -0.25) is 4.79 Å². The molecule has 1 rings (SSSR count). The van der Waals surface area contributed by atoms with Crippen molar-refractivity contribution in [2.75, 3.05) is 6.54 Å². The van der Waals surface area contributed by atoms with E-state index in [0.717, 1.165) is 29.3 Å². The summed E-state index contributed by atoms with van der Waals surface area (Å²) in [6.07, 6.45) is 3.58. The maximum atomic E-state index is 11.9. The van der Waals surface area contributed by atoms with Gasteiger partial charge in [-0.15, -0.1) is 0 Å². The van der Waals surface area contributed by atoms with Gasteiger partial charge in [0.1, 0.15) is 0 Å². The summed E-state index contributed by atoms with van der Waals surface area (Å²) >= 11 is 3.40. The van der Waals surface area contributed by atoms with Crippen LogP contribution < -0.4 is 11.1 Å². The van der Waals surface area contributed by atoms with Crippen LogP contribution in [0.25, 0.3) is 0 Å². The third-order valence-electron chi connectivity index (χ3n) is 2.81. The Balaban J connectivity index is 2.45. The third kappa shape index (κ3) is 5.65. The molecule has 0 aliphatic rings. The first-order valence-electron chi connectivity index (χ1n) is 6.39. The van der Waals surface area contributed by atoms with Crippen LogP contribution in [0, 0.1) is 0 Å². The Hall–Kier alpha value is -0.870. The summed E-state index contributed by atoms with van der Waals surface area (Å²) in [5.74, 6) is 0.0413. The third-order valence-corrected chi connectivity index (χ3v) is 3.30. The van der Waals surface area contributed by atoms with E-state index in [4.69, 9.17) is 5.73 Å². The molecule has 0 spiro atoms. The minimum Gasteiger partial charge on any atom is -0.352 e. The highest BCUT2D eigenvalue weighted by Gasteiger charge is 2.10. The van der Waals surface area contributed by atoms with Crippen molar-refractivity contribution in [1.82, 2.24) is 5.32 Å². The average molecular weight is 313 g/mol. The molecular formula is C14H21BrN2O. The van der Waals surface area contributed by atoms with Crippen LogP contribution >= 0.6 is 15.9 Å². The van der Waals surface area contributed by atoms with Gasteiger partial charge in [0.05, 0.1) is 6.42 Å². The average Bonchev–Trinajstić information content (AvgIpc) is 2.34. The summed E-state index contributed by atoms with van der Waals surface area (Å²) in [7, 11) is 0. The van der Waals surface area contributed by atoms with Crippen LogP contribution in [0.3, 0.4) is 0 Å². The number of hydrogen-bond acceptors (Lipinski definition) is 2. The fourth-order valence-corrected chi connectivity index (χ4v) is 2.26.